The SMILES string of the molecule is Cc1ccc(N2C(=O)CC(Nc3cccc(/C=C/C(=O)O)c3)C2=O)cc1C. The van der Waals surface area contributed by atoms with Gasteiger partial charge in [0.25, 0.3) is 5.91 Å². The molecule has 1 aliphatic heterocycles. The van der Waals surface area contributed by atoms with Crippen LogP contribution in [-0.4, -0.2) is 28.9 Å². The Balaban J connectivity index is 1.78. The van der Waals surface area contributed by atoms with Gasteiger partial charge in [-0.1, -0.05) is 18.2 Å². The molecule has 2 N–H and O–H groups in total. The lowest BCUT2D eigenvalue weighted by Gasteiger charge is -2.17. The molecule has 2 aromatic carbocycles. The van der Waals surface area contributed by atoms with Crippen LogP contribution in [0.1, 0.15) is 23.1 Å². The molecule has 2 aromatic rings. The van der Waals surface area contributed by atoms with E-state index in [1.54, 1.807) is 30.3 Å². The zero-order valence-electron chi connectivity index (χ0n) is 15.1. The van der Waals surface area contributed by atoms with Crippen LogP contribution in [0.4, 0.5) is 11.4 Å². The molecular weight excluding hydrogens is 344 g/mol. The second kappa shape index (κ2) is 7.45. The Hall–Kier alpha value is -3.41. The van der Waals surface area contributed by atoms with E-state index in [0.717, 1.165) is 17.2 Å². The van der Waals surface area contributed by atoms with Crippen LogP contribution in [0.25, 0.3) is 6.08 Å². The second-order valence-corrected chi connectivity index (χ2v) is 6.53. The van der Waals surface area contributed by atoms with Gasteiger partial charge in [0, 0.05) is 11.8 Å². The molecule has 0 radical (unpaired) electrons. The highest BCUT2D eigenvalue weighted by molar-refractivity contribution is 6.23. The molecule has 0 spiro atoms. The van der Waals surface area contributed by atoms with Gasteiger partial charge >= 0.3 is 5.97 Å². The van der Waals surface area contributed by atoms with Crippen molar-refractivity contribution in [2.45, 2.75) is 26.3 Å². The summed E-state index contributed by atoms with van der Waals surface area (Å²) >= 11 is 0. The molecule has 138 valence electrons. The summed E-state index contributed by atoms with van der Waals surface area (Å²) in [7, 11) is 0. The second-order valence-electron chi connectivity index (χ2n) is 6.53. The van der Waals surface area contributed by atoms with Gasteiger partial charge < -0.3 is 10.4 Å². The van der Waals surface area contributed by atoms with Crippen molar-refractivity contribution in [1.29, 1.82) is 0 Å². The number of hydrogen-bond acceptors (Lipinski definition) is 4. The standard InChI is InChI=1S/C21H20N2O4/c1-13-6-8-17(10-14(13)2)23-19(24)12-18(21(23)27)22-16-5-3-4-15(11-16)7-9-20(25)26/h3-11,18,22H,12H2,1-2H3,(H,25,26)/b9-7+. The van der Waals surface area contributed by atoms with Crippen molar-refractivity contribution in [3.63, 3.8) is 0 Å². The molecular formula is C21H20N2O4. The van der Waals surface area contributed by atoms with E-state index in [1.165, 1.54) is 11.0 Å². The molecule has 27 heavy (non-hydrogen) atoms. The maximum absolute atomic E-state index is 12.8. The summed E-state index contributed by atoms with van der Waals surface area (Å²) in [6.45, 7) is 3.92. The molecule has 0 saturated carbocycles. The Kier molecular flexibility index (Phi) is 5.07. The summed E-state index contributed by atoms with van der Waals surface area (Å²) < 4.78 is 0. The van der Waals surface area contributed by atoms with Crippen LogP contribution in [0, 0.1) is 13.8 Å². The van der Waals surface area contributed by atoms with E-state index in [4.69, 9.17) is 5.11 Å². The third kappa shape index (κ3) is 4.06. The molecule has 1 aliphatic rings. The van der Waals surface area contributed by atoms with Crippen LogP contribution < -0.4 is 10.2 Å². The number of carbonyl (C=O) groups is 3. The maximum Gasteiger partial charge on any atom is 0.328 e. The van der Waals surface area contributed by atoms with Crippen molar-refractivity contribution >= 4 is 35.2 Å². The van der Waals surface area contributed by atoms with E-state index < -0.39 is 12.0 Å². The molecule has 1 fully saturated rings. The number of carboxylic acid groups (broad SMARTS) is 1. The monoisotopic (exact) mass is 364 g/mol. The van der Waals surface area contributed by atoms with Crippen molar-refractivity contribution in [2.75, 3.05) is 10.2 Å². The maximum atomic E-state index is 12.8. The van der Waals surface area contributed by atoms with E-state index in [2.05, 4.69) is 5.32 Å². The lowest BCUT2D eigenvalue weighted by atomic mass is 10.1. The minimum Gasteiger partial charge on any atom is -0.478 e. The Morgan fingerprint density at radius 3 is 2.63 bits per heavy atom. The van der Waals surface area contributed by atoms with Crippen LogP contribution in [0.2, 0.25) is 0 Å². The Morgan fingerprint density at radius 2 is 1.93 bits per heavy atom. The van der Waals surface area contributed by atoms with Crippen LogP contribution in [0.15, 0.2) is 48.5 Å². The van der Waals surface area contributed by atoms with Gasteiger partial charge in [0.2, 0.25) is 5.91 Å². The largest absolute Gasteiger partial charge is 0.478 e. The summed E-state index contributed by atoms with van der Waals surface area (Å²) in [6.07, 6.45) is 2.59. The molecule has 2 amide bonds. The molecule has 1 atom stereocenters. The lowest BCUT2D eigenvalue weighted by molar-refractivity contribution is -0.131. The summed E-state index contributed by atoms with van der Waals surface area (Å²) in [5, 5.41) is 11.8. The number of amides is 2. The smallest absolute Gasteiger partial charge is 0.328 e. The summed E-state index contributed by atoms with van der Waals surface area (Å²) in [6, 6.07) is 11.9. The van der Waals surface area contributed by atoms with Gasteiger partial charge in [-0.15, -0.1) is 0 Å². The first-order chi connectivity index (χ1) is 12.8. The van der Waals surface area contributed by atoms with Crippen LogP contribution in [0.3, 0.4) is 0 Å². The summed E-state index contributed by atoms with van der Waals surface area (Å²) in [5.74, 6) is -1.58. The first-order valence-electron chi connectivity index (χ1n) is 8.57. The Labute approximate surface area is 157 Å². The van der Waals surface area contributed by atoms with E-state index in [9.17, 15) is 14.4 Å². The molecule has 0 bridgehead atoms. The number of benzene rings is 2. The quantitative estimate of drug-likeness (QED) is 0.629. The Morgan fingerprint density at radius 1 is 1.15 bits per heavy atom. The molecule has 0 aliphatic carbocycles. The van der Waals surface area contributed by atoms with Gasteiger partial charge in [0.05, 0.1) is 12.1 Å². The number of aryl methyl sites for hydroxylation is 2. The van der Waals surface area contributed by atoms with Crippen LogP contribution in [-0.2, 0) is 14.4 Å². The minimum atomic E-state index is -1.03. The Bertz CT molecular complexity index is 949. The summed E-state index contributed by atoms with van der Waals surface area (Å²) in [4.78, 5) is 37.0. The zero-order valence-corrected chi connectivity index (χ0v) is 15.1. The zero-order chi connectivity index (χ0) is 19.6. The fourth-order valence-corrected chi connectivity index (χ4v) is 2.98. The number of nitrogens with zero attached hydrogens (tertiary/aromatic N) is 1. The average molecular weight is 364 g/mol. The van der Waals surface area contributed by atoms with Crippen molar-refractivity contribution in [3.8, 4) is 0 Å². The van der Waals surface area contributed by atoms with Gasteiger partial charge in [0.15, 0.2) is 0 Å². The number of carbonyl (C=O) groups excluding carboxylic acids is 2. The predicted molar refractivity (Wildman–Crippen MR) is 104 cm³/mol. The van der Waals surface area contributed by atoms with Crippen LogP contribution in [0.5, 0.6) is 0 Å². The van der Waals surface area contributed by atoms with Crippen molar-refractivity contribution in [3.05, 3.63) is 65.2 Å². The van der Waals surface area contributed by atoms with E-state index in [1.807, 2.05) is 26.0 Å². The molecule has 6 heteroatoms. The van der Waals surface area contributed by atoms with Gasteiger partial charge in [-0.2, -0.15) is 0 Å². The minimum absolute atomic E-state index is 0.0704. The van der Waals surface area contributed by atoms with Crippen molar-refractivity contribution < 1.29 is 19.5 Å². The normalized spacial score (nSPS) is 17.0. The fourth-order valence-electron chi connectivity index (χ4n) is 2.98. The lowest BCUT2D eigenvalue weighted by Crippen LogP contribution is -2.34. The van der Waals surface area contributed by atoms with Gasteiger partial charge in [-0.3, -0.25) is 9.59 Å². The first-order valence-corrected chi connectivity index (χ1v) is 8.57. The third-order valence-corrected chi connectivity index (χ3v) is 4.54. The van der Waals surface area contributed by atoms with Gasteiger partial charge in [-0.05, 0) is 60.9 Å². The fraction of sp³-hybridized carbons (Fsp3) is 0.190. The topological polar surface area (TPSA) is 86.7 Å². The van der Waals surface area contributed by atoms with Crippen molar-refractivity contribution in [2.24, 2.45) is 0 Å². The molecule has 0 aromatic heterocycles. The molecule has 1 heterocycles. The highest BCUT2D eigenvalue weighted by Crippen LogP contribution is 2.27. The number of nitrogens with one attached hydrogen (secondary N) is 1. The number of hydrogen-bond donors (Lipinski definition) is 2. The molecule has 3 rings (SSSR count). The number of aliphatic carboxylic acids is 1. The molecule has 1 saturated heterocycles. The van der Waals surface area contributed by atoms with Crippen molar-refractivity contribution in [1.82, 2.24) is 0 Å². The first kappa shape index (κ1) is 18.4. The summed E-state index contributed by atoms with van der Waals surface area (Å²) in [5.41, 5.74) is 4.03. The average Bonchev–Trinajstić information content (AvgIpc) is 2.89. The molecule has 6 nitrogen and oxygen atoms in total. The van der Waals surface area contributed by atoms with E-state index in [0.29, 0.717) is 16.9 Å². The number of imide groups is 1. The van der Waals surface area contributed by atoms with E-state index in [-0.39, 0.29) is 18.2 Å². The highest BCUT2D eigenvalue weighted by Gasteiger charge is 2.39. The number of rotatable bonds is 5. The van der Waals surface area contributed by atoms with Gasteiger partial charge in [0.1, 0.15) is 6.04 Å². The predicted octanol–water partition coefficient (Wildman–Crippen LogP) is 3.15. The van der Waals surface area contributed by atoms with Crippen LogP contribution >= 0.6 is 0 Å². The highest BCUT2D eigenvalue weighted by atomic mass is 16.4. The number of carboxylic acids is 1. The molecule has 1 unspecified atom stereocenters. The number of anilines is 2. The van der Waals surface area contributed by atoms with Gasteiger partial charge in [-0.25, -0.2) is 9.69 Å². The van der Waals surface area contributed by atoms with E-state index >= 15 is 0 Å². The third-order valence-electron chi connectivity index (χ3n) is 4.54.